The zero-order valence-corrected chi connectivity index (χ0v) is 18.1. The van der Waals surface area contributed by atoms with E-state index in [0.29, 0.717) is 6.61 Å². The largest absolute Gasteiger partial charge is 0.466 e. The molecule has 1 aliphatic heterocycles. The summed E-state index contributed by atoms with van der Waals surface area (Å²) in [4.78, 5) is 30.2. The molecule has 1 saturated heterocycles. The van der Waals surface area contributed by atoms with E-state index in [2.05, 4.69) is 24.4 Å². The Hall–Kier alpha value is -1.56. The monoisotopic (exact) mass is 406 g/mol. The molecule has 2 fully saturated rings. The van der Waals surface area contributed by atoms with Gasteiger partial charge in [-0.2, -0.15) is 0 Å². The van der Waals surface area contributed by atoms with Crippen molar-refractivity contribution in [2.24, 2.45) is 0 Å². The van der Waals surface area contributed by atoms with E-state index in [1.807, 2.05) is 11.8 Å². The number of nitrogens with one attached hydrogen (secondary N) is 1. The van der Waals surface area contributed by atoms with Crippen molar-refractivity contribution in [2.75, 3.05) is 13.2 Å². The topological polar surface area (TPSA) is 58.6 Å². The number of nitrogens with zero attached hydrogens (tertiary/aromatic N) is 1. The molecule has 0 radical (unpaired) electrons. The summed E-state index contributed by atoms with van der Waals surface area (Å²) in [5, 5.41) is 3.32. The molecular formula is C22H34N2O3S. The maximum Gasteiger partial charge on any atom is 0.318 e. The Labute approximate surface area is 172 Å². The molecule has 5 nitrogen and oxygen atoms in total. The van der Waals surface area contributed by atoms with E-state index in [1.54, 1.807) is 11.3 Å². The van der Waals surface area contributed by atoms with E-state index in [9.17, 15) is 9.59 Å². The number of urea groups is 1. The highest BCUT2D eigenvalue weighted by molar-refractivity contribution is 7.12. The van der Waals surface area contributed by atoms with Crippen molar-refractivity contribution >= 4 is 23.3 Å². The van der Waals surface area contributed by atoms with Crippen LogP contribution in [0.4, 0.5) is 4.79 Å². The molecule has 3 rings (SSSR count). The Morgan fingerprint density at radius 1 is 1.18 bits per heavy atom. The van der Waals surface area contributed by atoms with Gasteiger partial charge in [0.2, 0.25) is 0 Å². The lowest BCUT2D eigenvalue weighted by Gasteiger charge is -2.40. The quantitative estimate of drug-likeness (QED) is 0.672. The molecule has 1 N–H and O–H groups in total. The number of amides is 2. The predicted octanol–water partition coefficient (Wildman–Crippen LogP) is 5.34. The predicted molar refractivity (Wildman–Crippen MR) is 113 cm³/mol. The first kappa shape index (κ1) is 21.2. The van der Waals surface area contributed by atoms with Gasteiger partial charge in [-0.15, -0.1) is 11.3 Å². The molecular weight excluding hydrogens is 372 g/mol. The summed E-state index contributed by atoms with van der Waals surface area (Å²) >= 11 is 1.79. The smallest absolute Gasteiger partial charge is 0.318 e. The summed E-state index contributed by atoms with van der Waals surface area (Å²) in [6, 6.07) is 4.45. The van der Waals surface area contributed by atoms with E-state index in [0.717, 1.165) is 51.5 Å². The fourth-order valence-electron chi connectivity index (χ4n) is 4.64. The second-order valence-corrected chi connectivity index (χ2v) is 9.58. The van der Waals surface area contributed by atoms with E-state index < -0.39 is 5.54 Å². The van der Waals surface area contributed by atoms with Gasteiger partial charge in [0.1, 0.15) is 0 Å². The maximum absolute atomic E-state index is 13.4. The molecule has 6 heteroatoms. The third-order valence-corrected chi connectivity index (χ3v) is 7.18. The first-order chi connectivity index (χ1) is 13.5. The average molecular weight is 407 g/mol. The van der Waals surface area contributed by atoms with Crippen molar-refractivity contribution in [3.63, 3.8) is 0 Å². The van der Waals surface area contributed by atoms with Gasteiger partial charge in [0.15, 0.2) is 0 Å². The first-order valence-corrected chi connectivity index (χ1v) is 11.7. The van der Waals surface area contributed by atoms with Crippen molar-refractivity contribution in [3.05, 3.63) is 21.9 Å². The Kier molecular flexibility index (Phi) is 7.38. The fourth-order valence-corrected chi connectivity index (χ4v) is 5.67. The molecule has 28 heavy (non-hydrogen) atoms. The van der Waals surface area contributed by atoms with Crippen molar-refractivity contribution in [3.8, 4) is 0 Å². The average Bonchev–Trinajstić information content (AvgIpc) is 2.94. The number of carbonyl (C=O) groups is 2. The minimum atomic E-state index is -0.455. The SMILES string of the molecule is CCOC(=O)CC1(NC(=O)N2CCCCC[C@@H]2c2ccc(C)s2)CCCCC1. The number of hydrogen-bond donors (Lipinski definition) is 1. The summed E-state index contributed by atoms with van der Waals surface area (Å²) in [6.45, 7) is 5.11. The first-order valence-electron chi connectivity index (χ1n) is 10.8. The summed E-state index contributed by atoms with van der Waals surface area (Å²) in [6.07, 6.45) is 9.63. The van der Waals surface area contributed by atoms with Crippen LogP contribution in [0.25, 0.3) is 0 Å². The van der Waals surface area contributed by atoms with Crippen LogP contribution in [-0.2, 0) is 9.53 Å². The van der Waals surface area contributed by atoms with Crippen LogP contribution >= 0.6 is 11.3 Å². The van der Waals surface area contributed by atoms with E-state index in [-0.39, 0.29) is 24.5 Å². The van der Waals surface area contributed by atoms with Gasteiger partial charge in [-0.1, -0.05) is 32.1 Å². The number of ether oxygens (including phenoxy) is 1. The number of rotatable bonds is 5. The van der Waals surface area contributed by atoms with Gasteiger partial charge >= 0.3 is 12.0 Å². The van der Waals surface area contributed by atoms with Crippen LogP contribution in [0.5, 0.6) is 0 Å². The molecule has 2 amide bonds. The molecule has 1 saturated carbocycles. The van der Waals surface area contributed by atoms with Gasteiger partial charge in [0.05, 0.1) is 24.6 Å². The fraction of sp³-hybridized carbons (Fsp3) is 0.727. The van der Waals surface area contributed by atoms with E-state index in [4.69, 9.17) is 4.74 Å². The van der Waals surface area contributed by atoms with Gasteiger partial charge < -0.3 is 15.0 Å². The molecule has 0 bridgehead atoms. The molecule has 1 aliphatic carbocycles. The van der Waals surface area contributed by atoms with Gasteiger partial charge in [0, 0.05) is 16.3 Å². The van der Waals surface area contributed by atoms with Crippen LogP contribution in [-0.4, -0.2) is 35.6 Å². The van der Waals surface area contributed by atoms with Crippen molar-refractivity contribution < 1.29 is 14.3 Å². The van der Waals surface area contributed by atoms with Crippen LogP contribution in [0.1, 0.15) is 86.9 Å². The third kappa shape index (κ3) is 5.28. The van der Waals surface area contributed by atoms with Gasteiger partial charge in [-0.25, -0.2) is 4.79 Å². The van der Waals surface area contributed by atoms with E-state index in [1.165, 1.54) is 22.6 Å². The lowest BCUT2D eigenvalue weighted by Crippen LogP contribution is -2.55. The summed E-state index contributed by atoms with van der Waals surface area (Å²) in [5.41, 5.74) is -0.455. The van der Waals surface area contributed by atoms with Gasteiger partial charge in [-0.05, 0) is 51.7 Å². The van der Waals surface area contributed by atoms with Crippen LogP contribution in [0.15, 0.2) is 12.1 Å². The third-order valence-electron chi connectivity index (χ3n) is 6.07. The normalized spacial score (nSPS) is 22.4. The Balaban J connectivity index is 1.77. The number of aryl methyl sites for hydroxylation is 1. The lowest BCUT2D eigenvalue weighted by molar-refractivity contribution is -0.145. The number of esters is 1. The molecule has 156 valence electrons. The summed E-state index contributed by atoms with van der Waals surface area (Å²) in [5.74, 6) is -0.203. The molecule has 2 aliphatic rings. The number of hydrogen-bond acceptors (Lipinski definition) is 4. The molecule has 2 heterocycles. The highest BCUT2D eigenvalue weighted by Gasteiger charge is 2.39. The Bertz CT molecular complexity index is 666. The zero-order chi connectivity index (χ0) is 20.0. The van der Waals surface area contributed by atoms with Crippen LogP contribution in [0.2, 0.25) is 0 Å². The minimum absolute atomic E-state index is 0.0100. The van der Waals surface area contributed by atoms with Gasteiger partial charge in [-0.3, -0.25) is 4.79 Å². The molecule has 0 aromatic carbocycles. The van der Waals surface area contributed by atoms with Crippen LogP contribution in [0, 0.1) is 6.92 Å². The molecule has 0 spiro atoms. The zero-order valence-electron chi connectivity index (χ0n) is 17.3. The Morgan fingerprint density at radius 3 is 2.61 bits per heavy atom. The lowest BCUT2D eigenvalue weighted by atomic mass is 9.79. The number of carbonyl (C=O) groups excluding carboxylic acids is 2. The highest BCUT2D eigenvalue weighted by atomic mass is 32.1. The van der Waals surface area contributed by atoms with Crippen LogP contribution < -0.4 is 5.32 Å². The second-order valence-electron chi connectivity index (χ2n) is 8.26. The standard InChI is InChI=1S/C22H34N2O3S/c1-3-27-20(25)16-22(13-7-5-8-14-22)23-21(26)24-15-9-4-6-10-18(24)19-12-11-17(2)28-19/h11-12,18H,3-10,13-16H2,1-2H3,(H,23,26)/t18-/m1/s1. The molecule has 1 aromatic rings. The minimum Gasteiger partial charge on any atom is -0.466 e. The van der Waals surface area contributed by atoms with Gasteiger partial charge in [0.25, 0.3) is 0 Å². The van der Waals surface area contributed by atoms with Crippen molar-refractivity contribution in [2.45, 2.75) is 89.6 Å². The highest BCUT2D eigenvalue weighted by Crippen LogP contribution is 2.36. The van der Waals surface area contributed by atoms with E-state index >= 15 is 0 Å². The van der Waals surface area contributed by atoms with Crippen molar-refractivity contribution in [1.29, 1.82) is 0 Å². The maximum atomic E-state index is 13.4. The molecule has 1 atom stereocenters. The molecule has 1 aromatic heterocycles. The summed E-state index contributed by atoms with van der Waals surface area (Å²) < 4.78 is 5.21. The Morgan fingerprint density at radius 2 is 1.93 bits per heavy atom. The number of likely N-dealkylation sites (tertiary alicyclic amines) is 1. The summed E-state index contributed by atoms with van der Waals surface area (Å²) in [7, 11) is 0. The second kappa shape index (κ2) is 9.77. The molecule has 0 unspecified atom stereocenters. The number of thiophene rings is 1. The van der Waals surface area contributed by atoms with Crippen LogP contribution in [0.3, 0.4) is 0 Å². The van der Waals surface area contributed by atoms with Crippen molar-refractivity contribution in [1.82, 2.24) is 10.2 Å².